The maximum atomic E-state index is 10.7. The summed E-state index contributed by atoms with van der Waals surface area (Å²) in [5, 5.41) is 10.7. The summed E-state index contributed by atoms with van der Waals surface area (Å²) in [6.07, 6.45) is 5.98. The normalized spacial score (nSPS) is 16.4. The summed E-state index contributed by atoms with van der Waals surface area (Å²) >= 11 is 0. The van der Waals surface area contributed by atoms with Crippen molar-refractivity contribution in [1.29, 1.82) is 0 Å². The van der Waals surface area contributed by atoms with Crippen molar-refractivity contribution in [2.45, 2.75) is 39.5 Å². The molecule has 0 spiro atoms. The Morgan fingerprint density at radius 3 is 2.67 bits per heavy atom. The highest BCUT2D eigenvalue weighted by atomic mass is 16.6. The summed E-state index contributed by atoms with van der Waals surface area (Å²) in [6.45, 7) is 6.28. The van der Waals surface area contributed by atoms with Crippen LogP contribution in [0.1, 0.15) is 39.5 Å². The minimum atomic E-state index is -0.558. The second-order valence-electron chi connectivity index (χ2n) is 6.10. The number of nitrogens with two attached hydrogens (primary N) is 1. The number of nitrogen functional groups attached to an aromatic ring is 1. The third-order valence-corrected chi connectivity index (χ3v) is 4.03. The predicted molar refractivity (Wildman–Crippen MR) is 82.1 cm³/mol. The lowest BCUT2D eigenvalue weighted by Crippen LogP contribution is -2.35. The first-order valence-electron chi connectivity index (χ1n) is 7.49. The van der Waals surface area contributed by atoms with Crippen molar-refractivity contribution in [2.75, 3.05) is 23.7 Å². The van der Waals surface area contributed by atoms with Crippen LogP contribution >= 0.6 is 0 Å². The molecule has 7 nitrogen and oxygen atoms in total. The van der Waals surface area contributed by atoms with E-state index < -0.39 is 4.92 Å². The Hall–Kier alpha value is -1.92. The topological polar surface area (TPSA) is 98.2 Å². The minimum Gasteiger partial charge on any atom is -0.378 e. The van der Waals surface area contributed by atoms with Crippen LogP contribution in [0.4, 0.5) is 17.5 Å². The zero-order valence-corrected chi connectivity index (χ0v) is 12.7. The Labute approximate surface area is 124 Å². The first kappa shape index (κ1) is 15.5. The number of rotatable bonds is 5. The van der Waals surface area contributed by atoms with Crippen molar-refractivity contribution in [3.05, 3.63) is 16.3 Å². The fourth-order valence-electron chi connectivity index (χ4n) is 2.66. The van der Waals surface area contributed by atoms with Gasteiger partial charge in [-0.1, -0.05) is 26.7 Å². The number of anilines is 2. The van der Waals surface area contributed by atoms with E-state index in [1.807, 2.05) is 0 Å². The molecule has 2 N–H and O–H groups in total. The summed E-state index contributed by atoms with van der Waals surface area (Å²) < 4.78 is 0. The third kappa shape index (κ3) is 4.03. The summed E-state index contributed by atoms with van der Waals surface area (Å²) in [6, 6.07) is 0. The highest BCUT2D eigenvalue weighted by Crippen LogP contribution is 2.27. The third-order valence-electron chi connectivity index (χ3n) is 4.03. The number of nitro groups is 1. The Morgan fingerprint density at radius 2 is 2.14 bits per heavy atom. The molecule has 0 aliphatic carbocycles. The lowest BCUT2D eigenvalue weighted by atomic mass is 9.90. The molecule has 1 aliphatic rings. The first-order chi connectivity index (χ1) is 9.97. The van der Waals surface area contributed by atoms with Crippen LogP contribution in [0.5, 0.6) is 0 Å². The Balaban J connectivity index is 1.93. The molecule has 7 heteroatoms. The lowest BCUT2D eigenvalue weighted by molar-refractivity contribution is -0.384. The smallest absolute Gasteiger partial charge is 0.329 e. The average molecular weight is 293 g/mol. The predicted octanol–water partition coefficient (Wildman–Crippen LogP) is 2.62. The van der Waals surface area contributed by atoms with Gasteiger partial charge in [-0.25, -0.2) is 4.98 Å². The molecule has 0 unspecified atom stereocenters. The van der Waals surface area contributed by atoms with E-state index in [9.17, 15) is 10.1 Å². The average Bonchev–Trinajstić information content (AvgIpc) is 2.45. The van der Waals surface area contributed by atoms with Gasteiger partial charge < -0.3 is 10.6 Å². The molecular weight excluding hydrogens is 270 g/mol. The summed E-state index contributed by atoms with van der Waals surface area (Å²) in [7, 11) is 0. The van der Waals surface area contributed by atoms with Gasteiger partial charge in [0.05, 0.1) is 4.92 Å². The monoisotopic (exact) mass is 293 g/mol. The van der Waals surface area contributed by atoms with Crippen LogP contribution in [-0.2, 0) is 0 Å². The van der Waals surface area contributed by atoms with Gasteiger partial charge in [-0.15, -0.1) is 0 Å². The van der Waals surface area contributed by atoms with Crippen LogP contribution in [-0.4, -0.2) is 28.0 Å². The van der Waals surface area contributed by atoms with Gasteiger partial charge in [0.25, 0.3) is 0 Å². The molecule has 0 radical (unpaired) electrons. The van der Waals surface area contributed by atoms with E-state index in [1.54, 1.807) is 0 Å². The van der Waals surface area contributed by atoms with Crippen molar-refractivity contribution >= 4 is 17.5 Å². The highest BCUT2D eigenvalue weighted by Gasteiger charge is 2.23. The van der Waals surface area contributed by atoms with E-state index in [2.05, 4.69) is 28.7 Å². The molecule has 0 saturated carbocycles. The van der Waals surface area contributed by atoms with Crippen LogP contribution < -0.4 is 10.6 Å². The van der Waals surface area contributed by atoms with Crippen molar-refractivity contribution in [3.63, 3.8) is 0 Å². The van der Waals surface area contributed by atoms with E-state index in [0.717, 1.165) is 37.8 Å². The molecule has 1 aliphatic heterocycles. The Morgan fingerprint density at radius 1 is 1.48 bits per heavy atom. The van der Waals surface area contributed by atoms with Crippen LogP contribution in [0.25, 0.3) is 0 Å². The molecule has 116 valence electrons. The maximum absolute atomic E-state index is 10.7. The van der Waals surface area contributed by atoms with E-state index in [1.165, 1.54) is 19.0 Å². The molecule has 21 heavy (non-hydrogen) atoms. The van der Waals surface area contributed by atoms with Gasteiger partial charge in [-0.2, -0.15) is 4.98 Å². The maximum Gasteiger partial charge on any atom is 0.329 e. The zero-order valence-electron chi connectivity index (χ0n) is 12.7. The molecule has 2 rings (SSSR count). The fourth-order valence-corrected chi connectivity index (χ4v) is 2.66. The van der Waals surface area contributed by atoms with E-state index in [4.69, 9.17) is 5.73 Å². The second kappa shape index (κ2) is 6.69. The van der Waals surface area contributed by atoms with Gasteiger partial charge in [0, 0.05) is 13.1 Å². The highest BCUT2D eigenvalue weighted by molar-refractivity contribution is 5.53. The van der Waals surface area contributed by atoms with Crippen molar-refractivity contribution in [1.82, 2.24) is 9.97 Å². The second-order valence-corrected chi connectivity index (χ2v) is 6.10. The van der Waals surface area contributed by atoms with Gasteiger partial charge in [0.2, 0.25) is 11.8 Å². The molecule has 1 aromatic heterocycles. The van der Waals surface area contributed by atoms with Gasteiger partial charge >= 0.3 is 5.69 Å². The van der Waals surface area contributed by atoms with Crippen molar-refractivity contribution in [3.8, 4) is 0 Å². The first-order valence-corrected chi connectivity index (χ1v) is 7.49. The van der Waals surface area contributed by atoms with Crippen molar-refractivity contribution < 1.29 is 4.92 Å². The number of hydrogen-bond donors (Lipinski definition) is 1. The molecule has 0 bridgehead atoms. The number of piperidine rings is 1. The molecule has 1 aromatic rings. The SMILES string of the molecule is CC(C)CCC1CCN(c2ncc([N+](=O)[O-])c(N)n2)CC1. The minimum absolute atomic E-state index is 0.0630. The number of hydrogen-bond acceptors (Lipinski definition) is 6. The summed E-state index contributed by atoms with van der Waals surface area (Å²) in [5.41, 5.74) is 5.39. The quantitative estimate of drug-likeness (QED) is 0.662. The van der Waals surface area contributed by atoms with E-state index in [0.29, 0.717) is 5.95 Å². The number of aromatic nitrogens is 2. The fraction of sp³-hybridized carbons (Fsp3) is 0.714. The van der Waals surface area contributed by atoms with Crippen LogP contribution in [0, 0.1) is 22.0 Å². The van der Waals surface area contributed by atoms with Crippen LogP contribution in [0.2, 0.25) is 0 Å². The molecule has 2 heterocycles. The van der Waals surface area contributed by atoms with Gasteiger partial charge in [-0.3, -0.25) is 10.1 Å². The largest absolute Gasteiger partial charge is 0.378 e. The Kier molecular flexibility index (Phi) is 4.93. The van der Waals surface area contributed by atoms with Gasteiger partial charge in [-0.05, 0) is 24.7 Å². The van der Waals surface area contributed by atoms with E-state index in [-0.39, 0.29) is 11.5 Å². The van der Waals surface area contributed by atoms with Crippen LogP contribution in [0.15, 0.2) is 6.20 Å². The molecule has 0 atom stereocenters. The Bertz CT molecular complexity index is 498. The summed E-state index contributed by atoms with van der Waals surface area (Å²) in [5.74, 6) is 1.95. The lowest BCUT2D eigenvalue weighted by Gasteiger charge is -2.32. The molecule has 1 saturated heterocycles. The van der Waals surface area contributed by atoms with E-state index >= 15 is 0 Å². The molecule has 0 aromatic carbocycles. The van der Waals surface area contributed by atoms with Crippen molar-refractivity contribution in [2.24, 2.45) is 11.8 Å². The van der Waals surface area contributed by atoms with Gasteiger partial charge in [0.15, 0.2) is 0 Å². The molecular formula is C14H23N5O2. The zero-order chi connectivity index (χ0) is 15.4. The van der Waals surface area contributed by atoms with Crippen LogP contribution in [0.3, 0.4) is 0 Å². The number of nitrogens with zero attached hydrogens (tertiary/aromatic N) is 4. The summed E-state index contributed by atoms with van der Waals surface area (Å²) in [4.78, 5) is 20.4. The molecule has 1 fully saturated rings. The molecule has 0 amide bonds. The standard InChI is InChI=1S/C14H23N5O2/c1-10(2)3-4-11-5-7-18(8-6-11)14-16-9-12(19(20)21)13(15)17-14/h9-11H,3-8H2,1-2H3,(H2,15,16,17). The van der Waals surface area contributed by atoms with Gasteiger partial charge in [0.1, 0.15) is 6.20 Å².